The van der Waals surface area contributed by atoms with Crippen LogP contribution in [0.25, 0.3) is 11.3 Å². The highest BCUT2D eigenvalue weighted by Crippen LogP contribution is 2.38. The van der Waals surface area contributed by atoms with Gasteiger partial charge in [0, 0.05) is 22.6 Å². The van der Waals surface area contributed by atoms with Crippen molar-refractivity contribution in [2.45, 2.75) is 29.9 Å². The molecule has 0 unspecified atom stereocenters. The molecule has 2 heterocycles. The molecule has 0 radical (unpaired) electrons. The smallest absolute Gasteiger partial charge is 0.417 e. The lowest BCUT2D eigenvalue weighted by molar-refractivity contribution is -0.138. The summed E-state index contributed by atoms with van der Waals surface area (Å²) in [5, 5.41) is 11.8. The Bertz CT molecular complexity index is 1790. The average Bonchev–Trinajstić information content (AvgIpc) is 2.94. The number of alkyl halides is 3. The Morgan fingerprint density at radius 3 is 2.19 bits per heavy atom. The Balaban J connectivity index is 1.49. The van der Waals surface area contributed by atoms with E-state index in [9.17, 15) is 31.6 Å². The van der Waals surface area contributed by atoms with E-state index < -0.39 is 33.2 Å². The molecule has 2 aromatic heterocycles. The molecule has 0 fully saturated rings. The molecule has 0 atom stereocenters. The third-order valence-corrected chi connectivity index (χ3v) is 8.10. The number of anilines is 2. The van der Waals surface area contributed by atoms with Gasteiger partial charge in [-0.2, -0.15) is 18.4 Å². The van der Waals surface area contributed by atoms with Crippen molar-refractivity contribution < 1.29 is 31.1 Å². The van der Waals surface area contributed by atoms with Gasteiger partial charge in [-0.15, -0.1) is 0 Å². The number of benzene rings is 2. The lowest BCUT2D eigenvalue weighted by atomic mass is 10.1. The molecule has 0 aliphatic carbocycles. The number of ether oxygens (including phenoxy) is 1. The minimum absolute atomic E-state index is 0.0338. The number of carbonyl (C=O) groups excluding carboxylic acids is 1. The molecule has 222 valence electrons. The van der Waals surface area contributed by atoms with Crippen LogP contribution in [-0.4, -0.2) is 42.1 Å². The van der Waals surface area contributed by atoms with Crippen molar-refractivity contribution in [3.05, 3.63) is 83.2 Å². The van der Waals surface area contributed by atoms with Crippen LogP contribution in [0.3, 0.4) is 0 Å². The number of halogens is 3. The number of methoxy groups -OCH3 is 1. The molecule has 0 saturated carbocycles. The number of carbonyl (C=O) groups is 1. The van der Waals surface area contributed by atoms with Crippen molar-refractivity contribution in [3.8, 4) is 23.1 Å². The molecule has 0 spiro atoms. The maximum atomic E-state index is 13.8. The summed E-state index contributed by atoms with van der Waals surface area (Å²) < 4.78 is 74.4. The van der Waals surface area contributed by atoms with Gasteiger partial charge >= 0.3 is 6.18 Å². The van der Waals surface area contributed by atoms with E-state index in [0.29, 0.717) is 34.5 Å². The molecule has 4 aromatic rings. The van der Waals surface area contributed by atoms with Crippen LogP contribution < -0.4 is 14.8 Å². The molecule has 43 heavy (non-hydrogen) atoms. The fourth-order valence-corrected chi connectivity index (χ4v) is 5.61. The second-order valence-electron chi connectivity index (χ2n) is 9.01. The van der Waals surface area contributed by atoms with Crippen LogP contribution in [0, 0.1) is 25.2 Å². The number of rotatable bonds is 9. The predicted octanol–water partition coefficient (Wildman–Crippen LogP) is 5.59. The minimum Gasteiger partial charge on any atom is -0.497 e. The van der Waals surface area contributed by atoms with E-state index in [1.165, 1.54) is 43.5 Å². The van der Waals surface area contributed by atoms with Crippen molar-refractivity contribution in [1.29, 1.82) is 5.26 Å². The Kier molecular flexibility index (Phi) is 9.22. The van der Waals surface area contributed by atoms with Crippen LogP contribution in [0.5, 0.6) is 5.75 Å². The first-order valence-corrected chi connectivity index (χ1v) is 14.8. The van der Waals surface area contributed by atoms with Gasteiger partial charge in [0.1, 0.15) is 16.8 Å². The molecule has 1 amide bonds. The summed E-state index contributed by atoms with van der Waals surface area (Å²) in [6, 6.07) is 15.5. The van der Waals surface area contributed by atoms with Crippen molar-refractivity contribution in [1.82, 2.24) is 15.0 Å². The zero-order chi connectivity index (χ0) is 31.4. The predicted molar refractivity (Wildman–Crippen MR) is 154 cm³/mol. The fraction of sp³-hybridized carbons (Fsp3) is 0.179. The number of aromatic nitrogens is 3. The quantitative estimate of drug-likeness (QED) is 0.227. The molecular weight excluding hydrogens is 605 g/mol. The Morgan fingerprint density at radius 1 is 1.00 bits per heavy atom. The zero-order valence-electron chi connectivity index (χ0n) is 22.9. The fourth-order valence-electron chi connectivity index (χ4n) is 3.87. The van der Waals surface area contributed by atoms with E-state index in [-0.39, 0.29) is 33.0 Å². The lowest BCUT2D eigenvalue weighted by Gasteiger charge is -2.14. The summed E-state index contributed by atoms with van der Waals surface area (Å²) >= 11 is 0.667. The number of hydrogen-bond acceptors (Lipinski definition) is 9. The number of hydrogen-bond donors (Lipinski definition) is 2. The summed E-state index contributed by atoms with van der Waals surface area (Å²) in [7, 11) is -2.57. The van der Waals surface area contributed by atoms with Gasteiger partial charge in [-0.3, -0.25) is 4.79 Å². The topological polar surface area (TPSA) is 147 Å². The van der Waals surface area contributed by atoms with Gasteiger partial charge < -0.3 is 10.1 Å². The number of thioether (sulfide) groups is 1. The normalized spacial score (nSPS) is 11.5. The van der Waals surface area contributed by atoms with E-state index in [1.807, 2.05) is 0 Å². The van der Waals surface area contributed by atoms with Gasteiger partial charge in [-0.25, -0.2) is 28.1 Å². The van der Waals surface area contributed by atoms with Crippen molar-refractivity contribution >= 4 is 39.3 Å². The SMILES string of the molecule is COc1ccc(-c2cc(C(F)(F)F)c(C#N)c(SCC(=O)Nc3ccc(S(=O)(=O)Nc4nc(C)cc(C)n4)cc3)n2)cc1. The molecule has 2 N–H and O–H groups in total. The van der Waals surface area contributed by atoms with E-state index in [2.05, 4.69) is 25.0 Å². The number of nitrogens with zero attached hydrogens (tertiary/aromatic N) is 4. The van der Waals surface area contributed by atoms with Crippen LogP contribution in [0.1, 0.15) is 22.5 Å². The van der Waals surface area contributed by atoms with Crippen LogP contribution in [0.2, 0.25) is 0 Å². The first-order valence-electron chi connectivity index (χ1n) is 12.3. The highest BCUT2D eigenvalue weighted by Gasteiger charge is 2.36. The summed E-state index contributed by atoms with van der Waals surface area (Å²) in [5.74, 6) is -0.577. The lowest BCUT2D eigenvalue weighted by Crippen LogP contribution is -2.17. The first kappa shape index (κ1) is 31.3. The molecule has 0 bridgehead atoms. The maximum absolute atomic E-state index is 13.8. The molecule has 0 saturated heterocycles. The van der Waals surface area contributed by atoms with E-state index in [0.717, 1.165) is 6.07 Å². The molecule has 15 heteroatoms. The first-order chi connectivity index (χ1) is 20.3. The van der Waals surface area contributed by atoms with Crippen molar-refractivity contribution in [2.24, 2.45) is 0 Å². The minimum atomic E-state index is -4.84. The highest BCUT2D eigenvalue weighted by atomic mass is 32.2. The molecule has 4 rings (SSSR count). The van der Waals surface area contributed by atoms with Gasteiger partial charge in [-0.05, 0) is 74.5 Å². The molecule has 0 aliphatic rings. The molecular formula is C28H23F3N6O4S2. The maximum Gasteiger partial charge on any atom is 0.417 e. The number of pyridine rings is 1. The Hall–Kier alpha value is -4.68. The van der Waals surface area contributed by atoms with Gasteiger partial charge in [0.25, 0.3) is 10.0 Å². The third-order valence-electron chi connectivity index (χ3n) is 5.79. The number of nitrogens with one attached hydrogen (secondary N) is 2. The largest absolute Gasteiger partial charge is 0.497 e. The van der Waals surface area contributed by atoms with Gasteiger partial charge in [0.2, 0.25) is 11.9 Å². The average molecular weight is 629 g/mol. The summed E-state index contributed by atoms with van der Waals surface area (Å²) in [5.41, 5.74) is -0.138. The van der Waals surface area contributed by atoms with Gasteiger partial charge in [0.05, 0.1) is 34.6 Å². The van der Waals surface area contributed by atoms with E-state index in [4.69, 9.17) is 4.74 Å². The Labute approximate surface area is 249 Å². The van der Waals surface area contributed by atoms with Crippen LogP contribution in [0.15, 0.2) is 70.6 Å². The van der Waals surface area contributed by atoms with Gasteiger partial charge in [-0.1, -0.05) is 11.8 Å². The standard InChI is InChI=1S/C28H23F3N6O4S2/c1-16-12-17(2)34-27(33-16)37-43(39,40)21-10-6-19(7-11-21)35-25(38)15-42-26-22(14-32)23(28(29,30)31)13-24(36-26)18-4-8-20(41-3)9-5-18/h4-13H,15H2,1-3H3,(H,35,38)(H,33,34,37). The van der Waals surface area contributed by atoms with Crippen molar-refractivity contribution in [2.75, 3.05) is 22.9 Å². The number of aryl methyl sites for hydroxylation is 2. The van der Waals surface area contributed by atoms with E-state index in [1.54, 1.807) is 38.1 Å². The summed E-state index contributed by atoms with van der Waals surface area (Å²) in [6.07, 6.45) is -4.84. The van der Waals surface area contributed by atoms with Crippen molar-refractivity contribution in [3.63, 3.8) is 0 Å². The third kappa shape index (κ3) is 7.79. The molecule has 2 aromatic carbocycles. The van der Waals surface area contributed by atoms with Crippen LogP contribution in [0.4, 0.5) is 24.8 Å². The Morgan fingerprint density at radius 2 is 1.63 bits per heavy atom. The van der Waals surface area contributed by atoms with Crippen LogP contribution >= 0.6 is 11.8 Å². The monoisotopic (exact) mass is 628 g/mol. The van der Waals surface area contributed by atoms with Gasteiger partial charge in [0.15, 0.2) is 0 Å². The molecule has 10 nitrogen and oxygen atoms in total. The second-order valence-corrected chi connectivity index (χ2v) is 11.7. The highest BCUT2D eigenvalue weighted by molar-refractivity contribution is 8.00. The zero-order valence-corrected chi connectivity index (χ0v) is 24.5. The molecule has 0 aliphatic heterocycles. The van der Waals surface area contributed by atoms with E-state index >= 15 is 0 Å². The summed E-state index contributed by atoms with van der Waals surface area (Å²) in [4.78, 5) is 24.9. The van der Waals surface area contributed by atoms with Crippen LogP contribution in [-0.2, 0) is 21.0 Å². The number of amides is 1. The number of sulfonamides is 1. The number of nitriles is 1. The second kappa shape index (κ2) is 12.7. The summed E-state index contributed by atoms with van der Waals surface area (Å²) in [6.45, 7) is 3.40.